The topological polar surface area (TPSA) is 59.0 Å². The van der Waals surface area contributed by atoms with E-state index in [1.54, 1.807) is 14.2 Å². The van der Waals surface area contributed by atoms with Gasteiger partial charge in [-0.25, -0.2) is 0 Å². The zero-order valence-corrected chi connectivity index (χ0v) is 14.6. The van der Waals surface area contributed by atoms with Crippen molar-refractivity contribution in [1.82, 2.24) is 4.90 Å². The average Bonchev–Trinajstić information content (AvgIpc) is 2.94. The summed E-state index contributed by atoms with van der Waals surface area (Å²) in [4.78, 5) is 14.7. The third-order valence-corrected chi connectivity index (χ3v) is 5.62. The quantitative estimate of drug-likeness (QED) is 0.919. The Morgan fingerprint density at radius 3 is 2.67 bits per heavy atom. The van der Waals surface area contributed by atoms with E-state index in [0.29, 0.717) is 24.5 Å². The van der Waals surface area contributed by atoms with Crippen LogP contribution in [0.2, 0.25) is 0 Å². The summed E-state index contributed by atoms with van der Waals surface area (Å²) in [5.41, 5.74) is 0.857. The number of methoxy groups -OCH3 is 2. The first kappa shape index (κ1) is 17.1. The van der Waals surface area contributed by atoms with Gasteiger partial charge >= 0.3 is 0 Å². The first-order chi connectivity index (χ1) is 11.6. The molecule has 0 bridgehead atoms. The molecule has 1 heterocycles. The van der Waals surface area contributed by atoms with Crippen molar-refractivity contribution in [3.8, 4) is 11.5 Å². The zero-order chi connectivity index (χ0) is 17.2. The van der Waals surface area contributed by atoms with Crippen molar-refractivity contribution in [2.24, 2.45) is 5.41 Å². The summed E-state index contributed by atoms with van der Waals surface area (Å²) in [7, 11) is 3.20. The van der Waals surface area contributed by atoms with Crippen LogP contribution in [0.3, 0.4) is 0 Å². The summed E-state index contributed by atoms with van der Waals surface area (Å²) in [5, 5.41) is 10.4. The van der Waals surface area contributed by atoms with Crippen LogP contribution in [-0.4, -0.2) is 49.3 Å². The minimum Gasteiger partial charge on any atom is -0.493 e. The summed E-state index contributed by atoms with van der Waals surface area (Å²) < 4.78 is 10.6. The molecule has 1 aliphatic heterocycles. The van der Waals surface area contributed by atoms with Crippen molar-refractivity contribution >= 4 is 5.91 Å². The number of nitrogens with zero attached hydrogens (tertiary/aromatic N) is 1. The maximum absolute atomic E-state index is 12.7. The molecule has 1 saturated heterocycles. The molecule has 0 unspecified atom stereocenters. The number of hydrogen-bond acceptors (Lipinski definition) is 4. The Bertz CT molecular complexity index is 603. The van der Waals surface area contributed by atoms with Gasteiger partial charge in [-0.2, -0.15) is 0 Å². The highest BCUT2D eigenvalue weighted by molar-refractivity contribution is 5.79. The largest absolute Gasteiger partial charge is 0.493 e. The Kier molecular flexibility index (Phi) is 4.99. The lowest BCUT2D eigenvalue weighted by Crippen LogP contribution is -2.49. The van der Waals surface area contributed by atoms with Crippen LogP contribution in [0.25, 0.3) is 0 Å². The van der Waals surface area contributed by atoms with E-state index in [9.17, 15) is 9.90 Å². The number of aliphatic hydroxyl groups is 1. The monoisotopic (exact) mass is 333 g/mol. The molecule has 24 heavy (non-hydrogen) atoms. The minimum atomic E-state index is -0.255. The summed E-state index contributed by atoms with van der Waals surface area (Å²) in [5.74, 6) is 1.43. The number of piperidine rings is 1. The third-order valence-electron chi connectivity index (χ3n) is 5.62. The number of aliphatic hydroxyl groups excluding tert-OH is 1. The van der Waals surface area contributed by atoms with Crippen LogP contribution in [0, 0.1) is 5.41 Å². The Balaban J connectivity index is 1.68. The zero-order valence-electron chi connectivity index (χ0n) is 14.6. The Morgan fingerprint density at radius 2 is 2.00 bits per heavy atom. The summed E-state index contributed by atoms with van der Waals surface area (Å²) in [6.07, 6.45) is 5.09. The number of benzene rings is 1. The van der Waals surface area contributed by atoms with E-state index in [0.717, 1.165) is 44.2 Å². The number of rotatable bonds is 4. The lowest BCUT2D eigenvalue weighted by Gasteiger charge is -2.42. The first-order valence-electron chi connectivity index (χ1n) is 8.75. The second-order valence-corrected chi connectivity index (χ2v) is 7.06. The number of amides is 1. The highest BCUT2D eigenvalue weighted by Crippen LogP contribution is 2.45. The highest BCUT2D eigenvalue weighted by atomic mass is 16.5. The lowest BCUT2D eigenvalue weighted by atomic mass is 9.76. The number of carbonyl (C=O) groups is 1. The third kappa shape index (κ3) is 3.22. The smallest absolute Gasteiger partial charge is 0.227 e. The maximum atomic E-state index is 12.7. The van der Waals surface area contributed by atoms with Gasteiger partial charge in [-0.05, 0) is 43.4 Å². The summed E-state index contributed by atoms with van der Waals surface area (Å²) >= 11 is 0. The summed E-state index contributed by atoms with van der Waals surface area (Å²) in [6.45, 7) is 1.49. The summed E-state index contributed by atoms with van der Waals surface area (Å²) in [6, 6.07) is 5.60. The van der Waals surface area contributed by atoms with Crippen LogP contribution in [0.1, 0.15) is 37.7 Å². The molecule has 5 heteroatoms. The molecule has 2 fully saturated rings. The standard InChI is InChI=1S/C19H27NO4/c1-23-15-7-6-14(11-16(15)24-2)12-18(22)20-10-4-9-19(13-20)8-3-5-17(19)21/h6-7,11,17,21H,3-5,8-10,12-13H2,1-2H3/t17-,19+/m1/s1. The van der Waals surface area contributed by atoms with Gasteiger partial charge in [-0.15, -0.1) is 0 Å². The van der Waals surface area contributed by atoms with Crippen LogP contribution in [0.5, 0.6) is 11.5 Å². The van der Waals surface area contributed by atoms with E-state index in [4.69, 9.17) is 9.47 Å². The van der Waals surface area contributed by atoms with E-state index in [1.807, 2.05) is 23.1 Å². The molecule has 5 nitrogen and oxygen atoms in total. The van der Waals surface area contributed by atoms with Crippen LogP contribution in [-0.2, 0) is 11.2 Å². The van der Waals surface area contributed by atoms with Gasteiger partial charge < -0.3 is 19.5 Å². The molecular weight excluding hydrogens is 306 g/mol. The van der Waals surface area contributed by atoms with Gasteiger partial charge in [0.25, 0.3) is 0 Å². The van der Waals surface area contributed by atoms with Crippen LogP contribution < -0.4 is 9.47 Å². The SMILES string of the molecule is COc1ccc(CC(=O)N2CCC[C@@]3(CCC[C@H]3O)C2)cc1OC. The van der Waals surface area contributed by atoms with Crippen LogP contribution >= 0.6 is 0 Å². The number of ether oxygens (including phenoxy) is 2. The Hall–Kier alpha value is -1.75. The molecule has 1 N–H and O–H groups in total. The number of hydrogen-bond donors (Lipinski definition) is 1. The maximum Gasteiger partial charge on any atom is 0.227 e. The predicted molar refractivity (Wildman–Crippen MR) is 91.4 cm³/mol. The Labute approximate surface area is 143 Å². The highest BCUT2D eigenvalue weighted by Gasteiger charge is 2.45. The number of carbonyl (C=O) groups excluding carboxylic acids is 1. The first-order valence-corrected chi connectivity index (χ1v) is 8.75. The van der Waals surface area contributed by atoms with E-state index in [-0.39, 0.29) is 17.4 Å². The second kappa shape index (κ2) is 7.01. The van der Waals surface area contributed by atoms with Crippen LogP contribution in [0.4, 0.5) is 0 Å². The van der Waals surface area contributed by atoms with Gasteiger partial charge in [-0.1, -0.05) is 12.5 Å². The molecule has 1 amide bonds. The fourth-order valence-electron chi connectivity index (χ4n) is 4.25. The van der Waals surface area contributed by atoms with Crippen molar-refractivity contribution in [1.29, 1.82) is 0 Å². The fraction of sp³-hybridized carbons (Fsp3) is 0.632. The minimum absolute atomic E-state index is 0.0640. The molecule has 1 aliphatic carbocycles. The molecule has 1 saturated carbocycles. The normalized spacial score (nSPS) is 26.6. The van der Waals surface area contributed by atoms with Gasteiger partial charge in [0, 0.05) is 18.5 Å². The van der Waals surface area contributed by atoms with Crippen molar-refractivity contribution in [3.63, 3.8) is 0 Å². The van der Waals surface area contributed by atoms with Crippen molar-refractivity contribution in [3.05, 3.63) is 23.8 Å². The molecular formula is C19H27NO4. The van der Waals surface area contributed by atoms with E-state index in [1.165, 1.54) is 0 Å². The van der Waals surface area contributed by atoms with Crippen molar-refractivity contribution < 1.29 is 19.4 Å². The molecule has 1 aromatic carbocycles. The molecule has 132 valence electrons. The van der Waals surface area contributed by atoms with E-state index in [2.05, 4.69) is 0 Å². The van der Waals surface area contributed by atoms with Gasteiger partial charge in [0.05, 0.1) is 26.7 Å². The van der Waals surface area contributed by atoms with Crippen molar-refractivity contribution in [2.45, 2.75) is 44.6 Å². The molecule has 0 aromatic heterocycles. The lowest BCUT2D eigenvalue weighted by molar-refractivity contribution is -0.135. The molecule has 0 radical (unpaired) electrons. The number of likely N-dealkylation sites (tertiary alicyclic amines) is 1. The van der Waals surface area contributed by atoms with E-state index >= 15 is 0 Å². The fourth-order valence-corrected chi connectivity index (χ4v) is 4.25. The van der Waals surface area contributed by atoms with Gasteiger partial charge in [-0.3, -0.25) is 4.79 Å². The van der Waals surface area contributed by atoms with Gasteiger partial charge in [0.2, 0.25) is 5.91 Å². The van der Waals surface area contributed by atoms with E-state index < -0.39 is 0 Å². The Morgan fingerprint density at radius 1 is 1.25 bits per heavy atom. The van der Waals surface area contributed by atoms with Crippen LogP contribution in [0.15, 0.2) is 18.2 Å². The van der Waals surface area contributed by atoms with Gasteiger partial charge in [0.15, 0.2) is 11.5 Å². The predicted octanol–water partition coefficient (Wildman–Crippen LogP) is 2.40. The average molecular weight is 333 g/mol. The van der Waals surface area contributed by atoms with Crippen molar-refractivity contribution in [2.75, 3.05) is 27.3 Å². The second-order valence-electron chi connectivity index (χ2n) is 7.06. The molecule has 1 spiro atoms. The molecule has 3 rings (SSSR count). The van der Waals surface area contributed by atoms with Gasteiger partial charge in [0.1, 0.15) is 0 Å². The molecule has 2 atom stereocenters. The molecule has 1 aromatic rings. The molecule has 2 aliphatic rings.